The topological polar surface area (TPSA) is 38.5 Å². The first kappa shape index (κ1) is 14.9. The van der Waals surface area contributed by atoms with E-state index in [-0.39, 0.29) is 6.10 Å². The van der Waals surface area contributed by atoms with Crippen LogP contribution in [0.4, 0.5) is 0 Å². The van der Waals surface area contributed by atoms with Gasteiger partial charge in [-0.15, -0.1) is 0 Å². The largest absolute Gasteiger partial charge is 0.377 e. The van der Waals surface area contributed by atoms with Crippen LogP contribution in [0.3, 0.4) is 0 Å². The van der Waals surface area contributed by atoms with E-state index in [1.54, 1.807) is 0 Å². The molecule has 92 valence electrons. The molecule has 0 spiro atoms. The molecule has 0 aliphatic heterocycles. The maximum Gasteiger partial charge on any atom is 0.0709 e. The molecule has 3 heteroatoms. The normalized spacial score (nSPS) is 13.8. The van der Waals surface area contributed by atoms with Crippen molar-refractivity contribution in [3.8, 4) is 0 Å². The number of hydrogen-bond donors (Lipinski definition) is 1. The molecule has 0 bridgehead atoms. The Morgan fingerprint density at radius 3 is 2.27 bits per heavy atom. The first-order valence-corrected chi connectivity index (χ1v) is 6.21. The highest BCUT2D eigenvalue weighted by atomic mass is 16.5. The van der Waals surface area contributed by atoms with Gasteiger partial charge in [-0.1, -0.05) is 6.92 Å². The van der Waals surface area contributed by atoms with Gasteiger partial charge in [-0.25, -0.2) is 0 Å². The summed E-state index contributed by atoms with van der Waals surface area (Å²) in [6.45, 7) is 12.4. The summed E-state index contributed by atoms with van der Waals surface area (Å²) in [5.74, 6) is 0. The lowest BCUT2D eigenvalue weighted by atomic mass is 10.2. The van der Waals surface area contributed by atoms with Gasteiger partial charge >= 0.3 is 0 Å². The van der Waals surface area contributed by atoms with E-state index >= 15 is 0 Å². The summed E-state index contributed by atoms with van der Waals surface area (Å²) < 4.78 is 5.55. The Labute approximate surface area is 95.0 Å². The van der Waals surface area contributed by atoms with Crippen molar-refractivity contribution >= 4 is 0 Å². The third kappa shape index (κ3) is 6.88. The molecule has 0 saturated heterocycles. The summed E-state index contributed by atoms with van der Waals surface area (Å²) >= 11 is 0. The Bertz CT molecular complexity index is 140. The molecule has 0 saturated carbocycles. The Balaban J connectivity index is 3.84. The zero-order valence-electron chi connectivity index (χ0n) is 10.8. The fourth-order valence-electron chi connectivity index (χ4n) is 1.73. The van der Waals surface area contributed by atoms with E-state index in [9.17, 15) is 0 Å². The maximum absolute atomic E-state index is 5.65. The zero-order chi connectivity index (χ0) is 11.7. The third-order valence-corrected chi connectivity index (χ3v) is 2.64. The van der Waals surface area contributed by atoms with Crippen LogP contribution in [0.1, 0.15) is 40.5 Å². The van der Waals surface area contributed by atoms with Gasteiger partial charge in [0.2, 0.25) is 0 Å². The van der Waals surface area contributed by atoms with E-state index in [0.717, 1.165) is 19.6 Å². The van der Waals surface area contributed by atoms with Crippen molar-refractivity contribution < 1.29 is 4.74 Å². The number of rotatable bonds is 9. The quantitative estimate of drug-likeness (QED) is 0.639. The molecule has 1 atom stereocenters. The average molecular weight is 216 g/mol. The molecule has 0 heterocycles. The van der Waals surface area contributed by atoms with Crippen molar-refractivity contribution in [2.75, 3.05) is 26.2 Å². The lowest BCUT2D eigenvalue weighted by Gasteiger charge is -2.27. The van der Waals surface area contributed by atoms with Gasteiger partial charge in [-0.3, -0.25) is 0 Å². The molecule has 0 fully saturated rings. The van der Waals surface area contributed by atoms with E-state index in [4.69, 9.17) is 10.5 Å². The van der Waals surface area contributed by atoms with Crippen LogP contribution in [0.5, 0.6) is 0 Å². The van der Waals surface area contributed by atoms with Gasteiger partial charge in [0.05, 0.1) is 6.10 Å². The Morgan fingerprint density at radius 1 is 1.20 bits per heavy atom. The SMILES string of the molecule is CCCN(CCC(CN)OCC)C(C)C. The smallest absolute Gasteiger partial charge is 0.0709 e. The second kappa shape index (κ2) is 9.13. The standard InChI is InChI=1S/C12H28N2O/c1-5-8-14(11(3)4)9-7-12(10-13)15-6-2/h11-12H,5-10,13H2,1-4H3. The summed E-state index contributed by atoms with van der Waals surface area (Å²) in [4.78, 5) is 2.49. The van der Waals surface area contributed by atoms with Crippen LogP contribution in [-0.2, 0) is 4.74 Å². The summed E-state index contributed by atoms with van der Waals surface area (Å²) in [6.07, 6.45) is 2.48. The number of ether oxygens (including phenoxy) is 1. The van der Waals surface area contributed by atoms with Gasteiger partial charge in [0.25, 0.3) is 0 Å². The molecule has 0 rings (SSSR count). The molecule has 15 heavy (non-hydrogen) atoms. The van der Waals surface area contributed by atoms with Crippen LogP contribution in [0.25, 0.3) is 0 Å². The highest BCUT2D eigenvalue weighted by molar-refractivity contribution is 4.67. The van der Waals surface area contributed by atoms with Crippen LogP contribution in [0.15, 0.2) is 0 Å². The van der Waals surface area contributed by atoms with Crippen molar-refractivity contribution in [2.45, 2.75) is 52.7 Å². The Kier molecular flexibility index (Phi) is 9.06. The number of nitrogens with two attached hydrogens (primary N) is 1. The lowest BCUT2D eigenvalue weighted by molar-refractivity contribution is 0.0513. The maximum atomic E-state index is 5.65. The molecule has 0 amide bonds. The van der Waals surface area contributed by atoms with E-state index in [1.807, 2.05) is 6.92 Å². The zero-order valence-corrected chi connectivity index (χ0v) is 10.8. The van der Waals surface area contributed by atoms with E-state index in [2.05, 4.69) is 25.7 Å². The van der Waals surface area contributed by atoms with E-state index in [0.29, 0.717) is 12.6 Å². The highest BCUT2D eigenvalue weighted by Gasteiger charge is 2.12. The monoisotopic (exact) mass is 216 g/mol. The molecule has 0 aromatic rings. The van der Waals surface area contributed by atoms with Crippen LogP contribution >= 0.6 is 0 Å². The van der Waals surface area contributed by atoms with Crippen molar-refractivity contribution in [2.24, 2.45) is 5.73 Å². The van der Waals surface area contributed by atoms with Gasteiger partial charge in [0.15, 0.2) is 0 Å². The minimum absolute atomic E-state index is 0.230. The predicted octanol–water partition coefficient (Wildman–Crippen LogP) is 1.86. The summed E-state index contributed by atoms with van der Waals surface area (Å²) in [5.41, 5.74) is 5.65. The van der Waals surface area contributed by atoms with E-state index < -0.39 is 0 Å². The lowest BCUT2D eigenvalue weighted by Crippen LogP contribution is -2.36. The van der Waals surface area contributed by atoms with Crippen molar-refractivity contribution in [3.05, 3.63) is 0 Å². The second-order valence-electron chi connectivity index (χ2n) is 4.23. The van der Waals surface area contributed by atoms with Crippen molar-refractivity contribution in [1.82, 2.24) is 4.90 Å². The first-order chi connectivity index (χ1) is 7.15. The minimum atomic E-state index is 0.230. The van der Waals surface area contributed by atoms with Gasteiger partial charge in [-0.05, 0) is 40.2 Å². The van der Waals surface area contributed by atoms with Crippen LogP contribution < -0.4 is 5.73 Å². The predicted molar refractivity (Wildman–Crippen MR) is 66.1 cm³/mol. The molecule has 0 radical (unpaired) electrons. The first-order valence-electron chi connectivity index (χ1n) is 6.21. The van der Waals surface area contributed by atoms with Crippen LogP contribution in [-0.4, -0.2) is 43.3 Å². The molecule has 0 aliphatic carbocycles. The van der Waals surface area contributed by atoms with Gasteiger partial charge in [0, 0.05) is 25.7 Å². The fraction of sp³-hybridized carbons (Fsp3) is 1.00. The Hall–Kier alpha value is -0.120. The molecular weight excluding hydrogens is 188 g/mol. The molecule has 0 aromatic heterocycles. The molecular formula is C12H28N2O. The molecule has 0 aromatic carbocycles. The molecule has 1 unspecified atom stereocenters. The molecule has 3 nitrogen and oxygen atoms in total. The van der Waals surface area contributed by atoms with Gasteiger partial charge in [0.1, 0.15) is 0 Å². The van der Waals surface area contributed by atoms with Crippen LogP contribution in [0, 0.1) is 0 Å². The average Bonchev–Trinajstić information content (AvgIpc) is 2.21. The second-order valence-corrected chi connectivity index (χ2v) is 4.23. The van der Waals surface area contributed by atoms with Crippen molar-refractivity contribution in [3.63, 3.8) is 0 Å². The summed E-state index contributed by atoms with van der Waals surface area (Å²) in [7, 11) is 0. The van der Waals surface area contributed by atoms with Crippen LogP contribution in [0.2, 0.25) is 0 Å². The molecule has 2 N–H and O–H groups in total. The van der Waals surface area contributed by atoms with Crippen molar-refractivity contribution in [1.29, 1.82) is 0 Å². The Morgan fingerprint density at radius 2 is 1.87 bits per heavy atom. The summed E-state index contributed by atoms with van der Waals surface area (Å²) in [5, 5.41) is 0. The summed E-state index contributed by atoms with van der Waals surface area (Å²) in [6, 6.07) is 0.616. The van der Waals surface area contributed by atoms with E-state index in [1.165, 1.54) is 13.0 Å². The number of hydrogen-bond acceptors (Lipinski definition) is 3. The van der Waals surface area contributed by atoms with Gasteiger partial charge in [-0.2, -0.15) is 0 Å². The number of nitrogens with zero attached hydrogens (tertiary/aromatic N) is 1. The fourth-order valence-corrected chi connectivity index (χ4v) is 1.73. The van der Waals surface area contributed by atoms with Gasteiger partial charge < -0.3 is 15.4 Å². The third-order valence-electron chi connectivity index (χ3n) is 2.64. The molecule has 0 aliphatic rings. The highest BCUT2D eigenvalue weighted by Crippen LogP contribution is 2.04. The minimum Gasteiger partial charge on any atom is -0.377 e.